The van der Waals surface area contributed by atoms with Crippen molar-refractivity contribution in [2.24, 2.45) is 5.73 Å². The molecule has 0 spiro atoms. The fraction of sp³-hybridized carbons (Fsp3) is 0.889. The molecule has 0 bridgehead atoms. The van der Waals surface area contributed by atoms with Crippen molar-refractivity contribution in [1.82, 2.24) is 0 Å². The molecule has 0 amide bonds. The van der Waals surface area contributed by atoms with Gasteiger partial charge in [-0.1, -0.05) is 0 Å². The molecule has 8 heteroatoms. The molecule has 0 aromatic rings. The number of nitrogens with two attached hydrogens (primary N) is 1. The molecule has 0 saturated heterocycles. The number of halogens is 5. The molecule has 17 heavy (non-hydrogen) atoms. The molecular formula is C9H14F5NO2. The maximum atomic E-state index is 12.6. The zero-order valence-corrected chi connectivity index (χ0v) is 9.57. The van der Waals surface area contributed by atoms with Crippen LogP contribution in [0.4, 0.5) is 22.0 Å². The Hall–Kier alpha value is -0.920. The van der Waals surface area contributed by atoms with Crippen molar-refractivity contribution in [3.05, 3.63) is 0 Å². The lowest BCUT2D eigenvalue weighted by atomic mass is 10.1. The molecule has 0 aromatic carbocycles. The van der Waals surface area contributed by atoms with Gasteiger partial charge in [0.05, 0.1) is 0 Å². The quantitative estimate of drug-likeness (QED) is 0.627. The minimum atomic E-state index is -5.73. The molecule has 0 aliphatic rings. The third kappa shape index (κ3) is 5.29. The zero-order chi connectivity index (χ0) is 14.1. The van der Waals surface area contributed by atoms with Gasteiger partial charge in [-0.25, -0.2) is 0 Å². The topological polar surface area (TPSA) is 52.3 Å². The summed E-state index contributed by atoms with van der Waals surface area (Å²) in [4.78, 5) is 11.1. The van der Waals surface area contributed by atoms with Crippen molar-refractivity contribution in [3.63, 3.8) is 0 Å². The van der Waals surface area contributed by atoms with Gasteiger partial charge in [-0.2, -0.15) is 22.0 Å². The number of hydrogen-bond donors (Lipinski definition) is 1. The van der Waals surface area contributed by atoms with Crippen LogP contribution in [0, 0.1) is 0 Å². The second-order valence-corrected chi connectivity index (χ2v) is 4.55. The van der Waals surface area contributed by atoms with Gasteiger partial charge in [0.2, 0.25) is 0 Å². The van der Waals surface area contributed by atoms with Gasteiger partial charge < -0.3 is 10.5 Å². The van der Waals surface area contributed by atoms with Crippen molar-refractivity contribution in [2.45, 2.75) is 50.9 Å². The van der Waals surface area contributed by atoms with Crippen molar-refractivity contribution >= 4 is 5.97 Å². The molecule has 3 nitrogen and oxygen atoms in total. The summed E-state index contributed by atoms with van der Waals surface area (Å²) in [5, 5.41) is 0. The highest BCUT2D eigenvalue weighted by molar-refractivity contribution is 5.76. The van der Waals surface area contributed by atoms with E-state index in [-0.39, 0.29) is 0 Å². The molecule has 0 aliphatic heterocycles. The van der Waals surface area contributed by atoms with E-state index in [1.165, 1.54) is 20.8 Å². The highest BCUT2D eigenvalue weighted by Gasteiger charge is 2.58. The number of hydrogen-bond acceptors (Lipinski definition) is 3. The standard InChI is InChI=1S/C9H14F5NO2/c1-7(2,3)17-6(16)5(15)4-8(10,11)9(12,13)14/h5H,4,15H2,1-3H3/t5-/m1/s1. The molecule has 0 fully saturated rings. The first kappa shape index (κ1) is 16.1. The Balaban J connectivity index is 4.56. The van der Waals surface area contributed by atoms with E-state index >= 15 is 0 Å². The van der Waals surface area contributed by atoms with Crippen LogP contribution in [0.3, 0.4) is 0 Å². The fourth-order valence-corrected chi connectivity index (χ4v) is 0.853. The van der Waals surface area contributed by atoms with E-state index in [4.69, 9.17) is 5.73 Å². The molecular weight excluding hydrogens is 249 g/mol. The summed E-state index contributed by atoms with van der Waals surface area (Å²) in [5.41, 5.74) is 3.95. The summed E-state index contributed by atoms with van der Waals surface area (Å²) < 4.78 is 65.2. The van der Waals surface area contributed by atoms with E-state index < -0.39 is 36.1 Å². The first-order chi connectivity index (χ1) is 7.26. The molecule has 102 valence electrons. The average Bonchev–Trinajstić information content (AvgIpc) is 1.97. The van der Waals surface area contributed by atoms with Gasteiger partial charge in [0.1, 0.15) is 11.6 Å². The second kappa shape index (κ2) is 4.75. The molecule has 0 rings (SSSR count). The normalized spacial score (nSPS) is 15.6. The third-order valence-electron chi connectivity index (χ3n) is 1.60. The predicted molar refractivity (Wildman–Crippen MR) is 49.4 cm³/mol. The fourth-order valence-electron chi connectivity index (χ4n) is 0.853. The number of rotatable bonds is 3. The summed E-state index contributed by atoms with van der Waals surface area (Å²) in [7, 11) is 0. The largest absolute Gasteiger partial charge is 0.459 e. The van der Waals surface area contributed by atoms with Gasteiger partial charge >= 0.3 is 18.1 Å². The molecule has 0 radical (unpaired) electrons. The zero-order valence-electron chi connectivity index (χ0n) is 9.57. The van der Waals surface area contributed by atoms with Crippen molar-refractivity contribution in [1.29, 1.82) is 0 Å². The number of carbonyl (C=O) groups is 1. The third-order valence-corrected chi connectivity index (χ3v) is 1.60. The lowest BCUT2D eigenvalue weighted by molar-refractivity contribution is -0.285. The Morgan fingerprint density at radius 2 is 1.59 bits per heavy atom. The van der Waals surface area contributed by atoms with E-state index in [9.17, 15) is 26.7 Å². The number of ether oxygens (including phenoxy) is 1. The van der Waals surface area contributed by atoms with E-state index in [1.807, 2.05) is 0 Å². The summed E-state index contributed by atoms with van der Waals surface area (Å²) in [5.74, 6) is -6.30. The summed E-state index contributed by atoms with van der Waals surface area (Å²) in [6.45, 7) is 4.33. The maximum absolute atomic E-state index is 12.6. The van der Waals surface area contributed by atoms with Gasteiger partial charge in [0.15, 0.2) is 0 Å². The van der Waals surface area contributed by atoms with Crippen molar-refractivity contribution in [2.75, 3.05) is 0 Å². The monoisotopic (exact) mass is 263 g/mol. The Morgan fingerprint density at radius 1 is 1.18 bits per heavy atom. The maximum Gasteiger partial charge on any atom is 0.453 e. The summed E-state index contributed by atoms with van der Waals surface area (Å²) in [6.07, 6.45) is -7.56. The van der Waals surface area contributed by atoms with Gasteiger partial charge in [-0.3, -0.25) is 4.79 Å². The van der Waals surface area contributed by atoms with Crippen LogP contribution in [0.5, 0.6) is 0 Å². The SMILES string of the molecule is CC(C)(C)OC(=O)[C@H](N)CC(F)(F)C(F)(F)F. The molecule has 2 N–H and O–H groups in total. The number of alkyl halides is 5. The van der Waals surface area contributed by atoms with Crippen LogP contribution in [-0.4, -0.2) is 29.7 Å². The number of carbonyl (C=O) groups excluding carboxylic acids is 1. The Labute approximate surface area is 95.1 Å². The Kier molecular flexibility index (Phi) is 4.50. The van der Waals surface area contributed by atoms with Crippen LogP contribution in [0.1, 0.15) is 27.2 Å². The molecule has 0 aliphatic carbocycles. The summed E-state index contributed by atoms with van der Waals surface area (Å²) in [6, 6.07) is -2.02. The minimum absolute atomic E-state index is 0.998. The highest BCUT2D eigenvalue weighted by atomic mass is 19.4. The molecule has 0 heterocycles. The van der Waals surface area contributed by atoms with Crippen LogP contribution >= 0.6 is 0 Å². The van der Waals surface area contributed by atoms with E-state index in [0.717, 1.165) is 0 Å². The first-order valence-corrected chi connectivity index (χ1v) is 4.69. The van der Waals surface area contributed by atoms with Crippen LogP contribution in [-0.2, 0) is 9.53 Å². The van der Waals surface area contributed by atoms with Crippen LogP contribution in [0.2, 0.25) is 0 Å². The van der Waals surface area contributed by atoms with Crippen LogP contribution in [0.25, 0.3) is 0 Å². The summed E-state index contributed by atoms with van der Waals surface area (Å²) >= 11 is 0. The molecule has 0 unspecified atom stereocenters. The van der Waals surface area contributed by atoms with Crippen LogP contribution in [0.15, 0.2) is 0 Å². The van der Waals surface area contributed by atoms with E-state index in [1.54, 1.807) is 0 Å². The van der Waals surface area contributed by atoms with Gasteiger partial charge in [-0.05, 0) is 20.8 Å². The smallest absolute Gasteiger partial charge is 0.453 e. The highest BCUT2D eigenvalue weighted by Crippen LogP contribution is 2.38. The predicted octanol–water partition coefficient (Wildman–Crippen LogP) is 2.24. The second-order valence-electron chi connectivity index (χ2n) is 4.55. The Morgan fingerprint density at radius 3 is 1.88 bits per heavy atom. The Bertz CT molecular complexity index is 282. The van der Waals surface area contributed by atoms with Crippen molar-refractivity contribution < 1.29 is 31.5 Å². The van der Waals surface area contributed by atoms with Crippen LogP contribution < -0.4 is 5.73 Å². The molecule has 0 saturated carbocycles. The molecule has 0 aromatic heterocycles. The van der Waals surface area contributed by atoms with Gasteiger partial charge in [-0.15, -0.1) is 0 Å². The number of esters is 1. The minimum Gasteiger partial charge on any atom is -0.459 e. The van der Waals surface area contributed by atoms with Gasteiger partial charge in [0.25, 0.3) is 0 Å². The first-order valence-electron chi connectivity index (χ1n) is 4.69. The van der Waals surface area contributed by atoms with Gasteiger partial charge in [0, 0.05) is 6.42 Å². The average molecular weight is 263 g/mol. The lowest BCUT2D eigenvalue weighted by Gasteiger charge is -2.25. The molecule has 1 atom stereocenters. The van der Waals surface area contributed by atoms with E-state index in [0.29, 0.717) is 0 Å². The lowest BCUT2D eigenvalue weighted by Crippen LogP contribution is -2.46. The van der Waals surface area contributed by atoms with E-state index in [2.05, 4.69) is 4.74 Å². The van der Waals surface area contributed by atoms with Crippen molar-refractivity contribution in [3.8, 4) is 0 Å².